The molecule has 0 spiro atoms. The van der Waals surface area contributed by atoms with Crippen LogP contribution in [-0.2, 0) is 16.1 Å². The van der Waals surface area contributed by atoms with Crippen molar-refractivity contribution in [1.29, 1.82) is 0 Å². The Morgan fingerprint density at radius 2 is 2.03 bits per heavy atom. The Hall–Kier alpha value is -3.55. The second kappa shape index (κ2) is 7.94. The van der Waals surface area contributed by atoms with E-state index in [4.69, 9.17) is 4.84 Å². The van der Waals surface area contributed by atoms with Gasteiger partial charge in [0.2, 0.25) is 6.10 Å². The molecule has 31 heavy (non-hydrogen) atoms. The second-order valence-electron chi connectivity index (χ2n) is 7.72. The van der Waals surface area contributed by atoms with Crippen molar-refractivity contribution in [3.05, 3.63) is 83.1 Å². The molecule has 158 valence electrons. The minimum atomic E-state index is -0.931. The van der Waals surface area contributed by atoms with Gasteiger partial charge in [0.15, 0.2) is 0 Å². The lowest BCUT2D eigenvalue weighted by Gasteiger charge is -2.27. The normalized spacial score (nSPS) is 20.0. The summed E-state index contributed by atoms with van der Waals surface area (Å²) in [4.78, 5) is 18.0. The smallest absolute Gasteiger partial charge is 0.269 e. The number of carbonyl (C=O) groups excluding carboxylic acids is 1. The zero-order chi connectivity index (χ0) is 21.4. The van der Waals surface area contributed by atoms with Gasteiger partial charge in [-0.1, -0.05) is 29.4 Å². The Morgan fingerprint density at radius 1 is 1.16 bits per heavy atom. The highest BCUT2D eigenvalue weighted by Crippen LogP contribution is 2.34. The number of fused-ring (bicyclic) bond motifs is 1. The molecule has 1 amide bonds. The van der Waals surface area contributed by atoms with Crippen LogP contribution in [0.25, 0.3) is 0 Å². The first-order valence-electron chi connectivity index (χ1n) is 10.2. The van der Waals surface area contributed by atoms with Crippen molar-refractivity contribution in [2.75, 3.05) is 5.32 Å². The summed E-state index contributed by atoms with van der Waals surface area (Å²) >= 11 is 0. The number of nitrogens with zero attached hydrogens (tertiary/aromatic N) is 3. The van der Waals surface area contributed by atoms with Gasteiger partial charge in [-0.3, -0.25) is 4.79 Å². The average Bonchev–Trinajstić information content (AvgIpc) is 3.45. The fraction of sp³-hybridized carbons (Fsp3) is 0.261. The lowest BCUT2D eigenvalue weighted by molar-refractivity contribution is -0.125. The van der Waals surface area contributed by atoms with Gasteiger partial charge >= 0.3 is 0 Å². The minimum absolute atomic E-state index is 0.000783. The van der Waals surface area contributed by atoms with Crippen LogP contribution in [0.5, 0.6) is 0 Å². The quantitative estimate of drug-likeness (QED) is 0.685. The number of amides is 1. The summed E-state index contributed by atoms with van der Waals surface area (Å²) in [6.45, 7) is 0. The average molecular weight is 422 g/mol. The van der Waals surface area contributed by atoms with Crippen LogP contribution < -0.4 is 5.32 Å². The summed E-state index contributed by atoms with van der Waals surface area (Å²) in [7, 11) is 0. The molecule has 5 rings (SSSR count). The topological polar surface area (TPSA) is 68.5 Å². The van der Waals surface area contributed by atoms with E-state index in [9.17, 15) is 13.6 Å². The molecule has 0 radical (unpaired) electrons. The minimum Gasteiger partial charge on any atom is -0.382 e. The van der Waals surface area contributed by atoms with Gasteiger partial charge in [-0.2, -0.15) is 5.10 Å². The van der Waals surface area contributed by atoms with E-state index in [0.717, 1.165) is 37.5 Å². The van der Waals surface area contributed by atoms with Crippen LogP contribution in [0, 0.1) is 11.6 Å². The van der Waals surface area contributed by atoms with E-state index in [2.05, 4.69) is 27.7 Å². The molecule has 2 aliphatic rings. The number of aromatic nitrogens is 2. The third kappa shape index (κ3) is 3.69. The van der Waals surface area contributed by atoms with Crippen LogP contribution in [0.1, 0.15) is 42.0 Å². The van der Waals surface area contributed by atoms with E-state index >= 15 is 0 Å². The van der Waals surface area contributed by atoms with E-state index in [1.807, 2.05) is 16.8 Å². The highest BCUT2D eigenvalue weighted by atomic mass is 19.1. The van der Waals surface area contributed by atoms with Gasteiger partial charge in [0.05, 0.1) is 18.0 Å². The number of oxime groups is 1. The van der Waals surface area contributed by atoms with Crippen LogP contribution in [0.3, 0.4) is 0 Å². The highest BCUT2D eigenvalue weighted by Gasteiger charge is 2.32. The molecule has 1 N–H and O–H groups in total. The molecule has 1 aromatic heterocycles. The van der Waals surface area contributed by atoms with Crippen molar-refractivity contribution in [3.8, 4) is 0 Å². The molecule has 3 aromatic rings. The fourth-order valence-electron chi connectivity index (χ4n) is 4.25. The first-order chi connectivity index (χ1) is 15.1. The molecule has 1 aliphatic carbocycles. The molecule has 2 atom stereocenters. The van der Waals surface area contributed by atoms with Gasteiger partial charge in [0.25, 0.3) is 5.91 Å². The fourth-order valence-corrected chi connectivity index (χ4v) is 4.25. The zero-order valence-corrected chi connectivity index (χ0v) is 16.6. The predicted octanol–water partition coefficient (Wildman–Crippen LogP) is 4.22. The molecular weight excluding hydrogens is 402 g/mol. The molecule has 8 heteroatoms. The van der Waals surface area contributed by atoms with Crippen LogP contribution in [-0.4, -0.2) is 27.5 Å². The molecule has 0 saturated carbocycles. The standard InChI is InChI=1S/C23H20F2N4O2/c24-15-8-9-18(25)17(12-15)19-13-21(31-28-19)23(30)27-22-10-11-26-29(22)20-7-3-5-14-4-1-2-6-16(14)20/h1-2,4,6,8-12,20-21H,3,5,7,13H2,(H,27,30). The maximum atomic E-state index is 14.0. The molecule has 0 bridgehead atoms. The van der Waals surface area contributed by atoms with Crippen LogP contribution in [0.4, 0.5) is 14.6 Å². The molecule has 2 unspecified atom stereocenters. The van der Waals surface area contributed by atoms with Crippen LogP contribution in [0.2, 0.25) is 0 Å². The van der Waals surface area contributed by atoms with E-state index in [-0.39, 0.29) is 23.7 Å². The Balaban J connectivity index is 1.31. The van der Waals surface area contributed by atoms with Gasteiger partial charge in [0.1, 0.15) is 17.5 Å². The summed E-state index contributed by atoms with van der Waals surface area (Å²) in [5.74, 6) is -1.05. The monoisotopic (exact) mass is 422 g/mol. The van der Waals surface area contributed by atoms with E-state index in [1.54, 1.807) is 12.3 Å². The SMILES string of the molecule is O=C(Nc1ccnn1C1CCCc2ccccc21)C1CC(c2cc(F)ccc2F)=NO1. The highest BCUT2D eigenvalue weighted by molar-refractivity contribution is 6.06. The number of nitrogens with one attached hydrogen (secondary N) is 1. The molecular formula is C23H20F2N4O2. The number of rotatable bonds is 4. The summed E-state index contributed by atoms with van der Waals surface area (Å²) in [6, 6.07) is 13.1. The molecule has 0 saturated heterocycles. The van der Waals surface area contributed by atoms with Crippen LogP contribution in [0.15, 0.2) is 59.9 Å². The maximum Gasteiger partial charge on any atom is 0.269 e. The van der Waals surface area contributed by atoms with Crippen LogP contribution >= 0.6 is 0 Å². The number of carbonyl (C=O) groups is 1. The van der Waals surface area contributed by atoms with Crippen molar-refractivity contribution in [1.82, 2.24) is 9.78 Å². The largest absolute Gasteiger partial charge is 0.382 e. The molecule has 2 aromatic carbocycles. The molecule has 2 heterocycles. The zero-order valence-electron chi connectivity index (χ0n) is 16.6. The molecule has 6 nitrogen and oxygen atoms in total. The van der Waals surface area contributed by atoms with E-state index in [0.29, 0.717) is 5.82 Å². The number of anilines is 1. The van der Waals surface area contributed by atoms with Gasteiger partial charge in [-0.15, -0.1) is 0 Å². The lowest BCUT2D eigenvalue weighted by atomic mass is 9.88. The molecule has 1 aliphatic heterocycles. The predicted molar refractivity (Wildman–Crippen MR) is 111 cm³/mol. The van der Waals surface area contributed by atoms with Gasteiger partial charge in [-0.05, 0) is 48.6 Å². The summed E-state index contributed by atoms with van der Waals surface area (Å²) in [5.41, 5.74) is 2.70. The Labute approximate surface area is 177 Å². The summed E-state index contributed by atoms with van der Waals surface area (Å²) in [6.07, 6.45) is 3.76. The maximum absolute atomic E-state index is 14.0. The van der Waals surface area contributed by atoms with Gasteiger partial charge < -0.3 is 10.2 Å². The number of halogens is 2. The number of aryl methyl sites for hydroxylation is 1. The second-order valence-corrected chi connectivity index (χ2v) is 7.72. The van der Waals surface area contributed by atoms with Crippen molar-refractivity contribution in [3.63, 3.8) is 0 Å². The van der Waals surface area contributed by atoms with Crippen molar-refractivity contribution < 1.29 is 18.4 Å². The third-order valence-electron chi connectivity index (χ3n) is 5.76. The Bertz CT molecular complexity index is 1170. The van der Waals surface area contributed by atoms with Gasteiger partial charge in [0, 0.05) is 18.1 Å². The third-order valence-corrected chi connectivity index (χ3v) is 5.76. The van der Waals surface area contributed by atoms with E-state index in [1.165, 1.54) is 11.1 Å². The van der Waals surface area contributed by atoms with Gasteiger partial charge in [-0.25, -0.2) is 13.5 Å². The van der Waals surface area contributed by atoms with E-state index < -0.39 is 23.6 Å². The first kappa shape index (κ1) is 19.4. The number of benzene rings is 2. The number of hydrogen-bond acceptors (Lipinski definition) is 4. The number of hydrogen-bond donors (Lipinski definition) is 1. The Morgan fingerprint density at radius 3 is 2.94 bits per heavy atom. The first-order valence-corrected chi connectivity index (χ1v) is 10.2. The summed E-state index contributed by atoms with van der Waals surface area (Å²) < 4.78 is 29.3. The van der Waals surface area contributed by atoms with Crippen molar-refractivity contribution in [2.24, 2.45) is 5.16 Å². The van der Waals surface area contributed by atoms with Crippen molar-refractivity contribution in [2.45, 2.75) is 37.8 Å². The molecule has 0 fully saturated rings. The Kier molecular flexibility index (Phi) is 4.97. The lowest BCUT2D eigenvalue weighted by Crippen LogP contribution is -2.30. The van der Waals surface area contributed by atoms with Crippen molar-refractivity contribution >= 4 is 17.4 Å². The summed E-state index contributed by atoms with van der Waals surface area (Å²) in [5, 5.41) is 11.1.